The van der Waals surface area contributed by atoms with E-state index in [1.807, 2.05) is 12.1 Å². The van der Waals surface area contributed by atoms with Crippen LogP contribution >= 0.6 is 0 Å². The predicted molar refractivity (Wildman–Crippen MR) is 311 cm³/mol. The molecule has 2 N–H and O–H groups in total. The van der Waals surface area contributed by atoms with E-state index >= 15 is 0 Å². The summed E-state index contributed by atoms with van der Waals surface area (Å²) in [5.41, 5.74) is 19.7. The molecule has 0 saturated heterocycles. The van der Waals surface area contributed by atoms with E-state index in [0.29, 0.717) is 13.1 Å². The average molecular weight is 1020 g/mol. The number of ether oxygens (including phenoxy) is 1. The highest BCUT2D eigenvalue weighted by molar-refractivity contribution is 5.70. The molecule has 0 atom stereocenters. The van der Waals surface area contributed by atoms with Crippen LogP contribution in [-0.2, 0) is 55.8 Å². The second-order valence-corrected chi connectivity index (χ2v) is 21.0. The van der Waals surface area contributed by atoms with Crippen molar-refractivity contribution in [2.75, 3.05) is 0 Å². The lowest BCUT2D eigenvalue weighted by Gasteiger charge is -2.34. The van der Waals surface area contributed by atoms with Crippen LogP contribution in [0.25, 0.3) is 22.3 Å². The lowest BCUT2D eigenvalue weighted by Crippen LogP contribution is -2.28. The first-order valence-electron chi connectivity index (χ1n) is 28.0. The number of aryl methyl sites for hydroxylation is 7. The van der Waals surface area contributed by atoms with Gasteiger partial charge in [-0.3, -0.25) is 4.79 Å². The second-order valence-electron chi connectivity index (χ2n) is 21.0. The maximum absolute atomic E-state index is 10.8. The number of carbonyl (C=O) groups excluding carboxylic acids is 3. The first kappa shape index (κ1) is 61.6. The molecule has 0 unspecified atom stereocenters. The van der Waals surface area contributed by atoms with Crippen LogP contribution < -0.4 is 0 Å². The van der Waals surface area contributed by atoms with Crippen molar-refractivity contribution in [1.29, 1.82) is 0 Å². The van der Waals surface area contributed by atoms with E-state index in [2.05, 4.69) is 199 Å². The van der Waals surface area contributed by atoms with E-state index in [9.17, 15) is 15.0 Å². The fourth-order valence-corrected chi connectivity index (χ4v) is 11.4. The quantitative estimate of drug-likeness (QED) is 0.0586. The van der Waals surface area contributed by atoms with Crippen LogP contribution in [0.4, 0.5) is 0 Å². The summed E-state index contributed by atoms with van der Waals surface area (Å²) in [6, 6.07) is 45.3. The second kappa shape index (κ2) is 28.8. The van der Waals surface area contributed by atoms with Gasteiger partial charge in [0.05, 0.1) is 11.2 Å². The van der Waals surface area contributed by atoms with Gasteiger partial charge in [-0.1, -0.05) is 184 Å². The van der Waals surface area contributed by atoms with Crippen molar-refractivity contribution in [3.05, 3.63) is 188 Å². The Hall–Kier alpha value is -5.91. The number of benzene rings is 6. The van der Waals surface area contributed by atoms with Gasteiger partial charge in [-0.05, 0) is 200 Å². The maximum atomic E-state index is 10.8. The van der Waals surface area contributed by atoms with Crippen molar-refractivity contribution < 1.29 is 29.3 Å². The average Bonchev–Trinajstić information content (AvgIpc) is 3.43. The van der Waals surface area contributed by atoms with Crippen LogP contribution in [0.3, 0.4) is 0 Å². The molecule has 6 rings (SSSR count). The third kappa shape index (κ3) is 15.2. The van der Waals surface area contributed by atoms with Crippen molar-refractivity contribution in [2.45, 2.75) is 202 Å². The minimum atomic E-state index is -0.565. The summed E-state index contributed by atoms with van der Waals surface area (Å²) in [4.78, 5) is 26.7. The molecule has 0 aliphatic heterocycles. The zero-order chi connectivity index (χ0) is 55.4. The van der Waals surface area contributed by atoms with Gasteiger partial charge in [0.15, 0.2) is 0 Å². The molecular weight excluding hydrogens is 925 g/mol. The van der Waals surface area contributed by atoms with Crippen LogP contribution in [0.15, 0.2) is 121 Å². The zero-order valence-corrected chi connectivity index (χ0v) is 48.1. The number of hydrogen-bond donors (Lipinski definition) is 2. The zero-order valence-electron chi connectivity index (χ0n) is 48.1. The van der Waals surface area contributed by atoms with Crippen molar-refractivity contribution >= 4 is 12.6 Å². The van der Waals surface area contributed by atoms with E-state index in [-0.39, 0.29) is 17.0 Å². The first-order valence-corrected chi connectivity index (χ1v) is 28.0. The smallest absolute Gasteiger partial charge is 0.373 e. The summed E-state index contributed by atoms with van der Waals surface area (Å²) in [7, 11) is 0. The van der Waals surface area contributed by atoms with Crippen molar-refractivity contribution in [3.63, 3.8) is 0 Å². The molecule has 0 radical (unpaired) electrons. The van der Waals surface area contributed by atoms with E-state index in [0.717, 1.165) is 94.6 Å². The van der Waals surface area contributed by atoms with Gasteiger partial charge in [0.25, 0.3) is 6.47 Å². The summed E-state index contributed by atoms with van der Waals surface area (Å²) >= 11 is 0. The van der Waals surface area contributed by atoms with Gasteiger partial charge >= 0.3 is 6.15 Å². The van der Waals surface area contributed by atoms with Crippen LogP contribution in [0.2, 0.25) is 0 Å². The van der Waals surface area contributed by atoms with E-state index in [1.54, 1.807) is 0 Å². The summed E-state index contributed by atoms with van der Waals surface area (Å²) < 4.78 is 4.87. The number of rotatable bonds is 24. The van der Waals surface area contributed by atoms with Gasteiger partial charge in [0.2, 0.25) is 0 Å². The Morgan fingerprint density at radius 1 is 0.440 bits per heavy atom. The topological polar surface area (TPSA) is 101 Å². The third-order valence-corrected chi connectivity index (χ3v) is 17.4. The van der Waals surface area contributed by atoms with Gasteiger partial charge in [-0.2, -0.15) is 9.59 Å². The molecule has 402 valence electrons. The van der Waals surface area contributed by atoms with Gasteiger partial charge in [0.1, 0.15) is 6.61 Å². The minimum Gasteiger partial charge on any atom is -0.463 e. The Balaban J connectivity index is 0.000000309. The molecule has 6 aromatic carbocycles. The van der Waals surface area contributed by atoms with E-state index < -0.39 is 11.2 Å². The molecule has 0 bridgehead atoms. The molecule has 0 fully saturated rings. The molecular formula is C69H90O6. The monoisotopic (exact) mass is 1010 g/mol. The van der Waals surface area contributed by atoms with Crippen LogP contribution in [0, 0.1) is 27.7 Å². The Morgan fingerprint density at radius 2 is 0.760 bits per heavy atom. The van der Waals surface area contributed by atoms with Crippen molar-refractivity contribution in [1.82, 2.24) is 0 Å². The van der Waals surface area contributed by atoms with Gasteiger partial charge in [-0.25, -0.2) is 0 Å². The van der Waals surface area contributed by atoms with Crippen molar-refractivity contribution in [2.24, 2.45) is 0 Å². The Morgan fingerprint density at radius 3 is 1.04 bits per heavy atom. The lowest BCUT2D eigenvalue weighted by molar-refractivity contribution is -0.191. The SMILES string of the molecule is CCC(O)(CC)CCc1ccc(C(CC)(CC)c2ccc(-c3ccc(COC=O)cc3)c(C)c2)cc1C.CCc1ccc(-c2ccc(C(CC)(CC)c3ccc(CCC(O)(CC)CC)c(C)c3)cc2C)cc1.O=C=O. The molecule has 6 nitrogen and oxygen atoms in total. The highest BCUT2D eigenvalue weighted by Gasteiger charge is 2.33. The molecule has 6 heteroatoms. The molecule has 0 spiro atoms. The normalized spacial score (nSPS) is 11.7. The van der Waals surface area contributed by atoms with Gasteiger partial charge in [0, 0.05) is 10.8 Å². The van der Waals surface area contributed by atoms with E-state index in [4.69, 9.17) is 14.3 Å². The molecule has 0 aliphatic carbocycles. The van der Waals surface area contributed by atoms with Crippen LogP contribution in [-0.4, -0.2) is 34.0 Å². The van der Waals surface area contributed by atoms with Crippen LogP contribution in [0.5, 0.6) is 0 Å². The Bertz CT molecular complexity index is 2740. The highest BCUT2D eigenvalue weighted by Crippen LogP contribution is 2.43. The minimum absolute atomic E-state index is 0.00617. The summed E-state index contributed by atoms with van der Waals surface area (Å²) in [5.74, 6) is 0. The molecule has 6 aromatic rings. The maximum Gasteiger partial charge on any atom is 0.373 e. The van der Waals surface area contributed by atoms with E-state index in [1.165, 1.54) is 77.9 Å². The molecule has 0 aliphatic rings. The number of carbonyl (C=O) groups is 1. The summed E-state index contributed by atoms with van der Waals surface area (Å²) in [6.45, 7) is 29.4. The van der Waals surface area contributed by atoms with Crippen molar-refractivity contribution in [3.8, 4) is 22.3 Å². The number of hydrogen-bond acceptors (Lipinski definition) is 6. The molecule has 0 heterocycles. The lowest BCUT2D eigenvalue weighted by atomic mass is 9.69. The molecule has 75 heavy (non-hydrogen) atoms. The Labute approximate surface area is 452 Å². The standard InChI is InChI=1S/C34H44O3.C34H46O.CO2/c1-7-33(36,8-2)20-19-28-15-16-30(21-25(28)5)34(9-3,10-4)31-17-18-32(26(6)22-31)29-13-11-27(12-14-29)23-37-24-35;1-8-27-13-15-29(16-14-27)32-20-19-31(24-26(32)7)34(11-4,12-5)30-18-17-28(25(6)23-30)21-22-33(35,9-2)10-3;2-1-3/h11-18,21-22,24,36H,7-10,19-20,23H2,1-6H3;13-20,23-24,35H,8-12,21-22H2,1-7H3;. The summed E-state index contributed by atoms with van der Waals surface area (Å²) in [5, 5.41) is 21.5. The first-order chi connectivity index (χ1) is 35.9. The number of aliphatic hydroxyl groups is 2. The fraction of sp³-hybridized carbons (Fsp3) is 0.449. The van der Waals surface area contributed by atoms with Gasteiger partial charge < -0.3 is 14.9 Å². The molecule has 0 aromatic heterocycles. The summed E-state index contributed by atoms with van der Waals surface area (Å²) in [6.07, 6.45) is 12.2. The fourth-order valence-electron chi connectivity index (χ4n) is 11.4. The molecule has 0 amide bonds. The Kier molecular flexibility index (Phi) is 23.7. The van der Waals surface area contributed by atoms with Crippen LogP contribution in [0.1, 0.15) is 193 Å². The highest BCUT2D eigenvalue weighted by atomic mass is 16.5. The largest absolute Gasteiger partial charge is 0.463 e. The predicted octanol–water partition coefficient (Wildman–Crippen LogP) is 16.8. The van der Waals surface area contributed by atoms with Gasteiger partial charge in [-0.15, -0.1) is 0 Å². The third-order valence-electron chi connectivity index (χ3n) is 17.4. The molecule has 0 saturated carbocycles.